The second-order valence-corrected chi connectivity index (χ2v) is 5.54. The van der Waals surface area contributed by atoms with Gasteiger partial charge in [0.1, 0.15) is 0 Å². The lowest BCUT2D eigenvalue weighted by atomic mass is 10.1. The predicted octanol–water partition coefficient (Wildman–Crippen LogP) is -0.888. The van der Waals surface area contributed by atoms with Gasteiger partial charge in [-0.05, 0) is 12.8 Å². The van der Waals surface area contributed by atoms with E-state index in [9.17, 15) is 9.59 Å². The lowest BCUT2D eigenvalue weighted by molar-refractivity contribution is -0.148. The van der Waals surface area contributed by atoms with Crippen molar-refractivity contribution in [3.8, 4) is 0 Å². The molecule has 2 aliphatic heterocycles. The van der Waals surface area contributed by atoms with Gasteiger partial charge in [-0.1, -0.05) is 0 Å². The Bertz CT molecular complexity index is 356. The molecule has 7 heteroatoms. The minimum Gasteiger partial charge on any atom is -0.481 e. The van der Waals surface area contributed by atoms with Gasteiger partial charge in [-0.2, -0.15) is 0 Å². The first-order valence-corrected chi connectivity index (χ1v) is 7.13. The van der Waals surface area contributed by atoms with E-state index >= 15 is 0 Å². The van der Waals surface area contributed by atoms with E-state index in [4.69, 9.17) is 15.6 Å². The van der Waals surface area contributed by atoms with Crippen molar-refractivity contribution in [2.45, 2.75) is 31.4 Å². The third kappa shape index (κ3) is 4.43. The number of carboxylic acids is 1. The van der Waals surface area contributed by atoms with Gasteiger partial charge in [-0.15, -0.1) is 0 Å². The molecule has 7 nitrogen and oxygen atoms in total. The number of nitrogens with zero attached hydrogens (tertiary/aromatic N) is 2. The second-order valence-electron chi connectivity index (χ2n) is 5.54. The highest BCUT2D eigenvalue weighted by molar-refractivity contribution is 5.78. The molecule has 2 saturated heterocycles. The lowest BCUT2D eigenvalue weighted by Gasteiger charge is -2.35. The summed E-state index contributed by atoms with van der Waals surface area (Å²) >= 11 is 0. The number of piperidine rings is 1. The fraction of sp³-hybridized carbons (Fsp3) is 0.846. The van der Waals surface area contributed by atoms with E-state index in [-0.39, 0.29) is 24.5 Å². The summed E-state index contributed by atoms with van der Waals surface area (Å²) in [5.74, 6) is -0.839. The number of amides is 1. The van der Waals surface area contributed by atoms with Crippen LogP contribution < -0.4 is 5.73 Å². The van der Waals surface area contributed by atoms with Crippen LogP contribution in [0.1, 0.15) is 19.3 Å². The zero-order valence-electron chi connectivity index (χ0n) is 11.7. The van der Waals surface area contributed by atoms with Crippen molar-refractivity contribution in [1.29, 1.82) is 0 Å². The second kappa shape index (κ2) is 7.01. The molecule has 114 valence electrons. The number of hydrogen-bond acceptors (Lipinski definition) is 5. The fourth-order valence-electron chi connectivity index (χ4n) is 2.67. The van der Waals surface area contributed by atoms with Crippen LogP contribution in [0.15, 0.2) is 0 Å². The molecule has 20 heavy (non-hydrogen) atoms. The number of rotatable bonds is 4. The van der Waals surface area contributed by atoms with Crippen molar-refractivity contribution in [1.82, 2.24) is 9.80 Å². The monoisotopic (exact) mass is 285 g/mol. The molecule has 0 aromatic carbocycles. The van der Waals surface area contributed by atoms with Gasteiger partial charge in [0.2, 0.25) is 5.91 Å². The van der Waals surface area contributed by atoms with Gasteiger partial charge in [0.15, 0.2) is 0 Å². The van der Waals surface area contributed by atoms with Crippen molar-refractivity contribution >= 4 is 11.9 Å². The Morgan fingerprint density at radius 2 is 1.95 bits per heavy atom. The van der Waals surface area contributed by atoms with E-state index in [1.807, 2.05) is 0 Å². The molecule has 0 aromatic heterocycles. The largest absolute Gasteiger partial charge is 0.481 e. The first-order chi connectivity index (χ1) is 9.54. The quantitative estimate of drug-likeness (QED) is 0.696. The number of ether oxygens (including phenoxy) is 1. The van der Waals surface area contributed by atoms with Gasteiger partial charge >= 0.3 is 5.97 Å². The highest BCUT2D eigenvalue weighted by Crippen LogP contribution is 2.12. The molecule has 1 atom stereocenters. The fourth-order valence-corrected chi connectivity index (χ4v) is 2.67. The number of nitrogens with two attached hydrogens (primary N) is 1. The predicted molar refractivity (Wildman–Crippen MR) is 72.2 cm³/mol. The van der Waals surface area contributed by atoms with Crippen LogP contribution in [0.4, 0.5) is 0 Å². The molecular formula is C13H23N3O4. The molecule has 0 saturated carbocycles. The van der Waals surface area contributed by atoms with E-state index in [0.717, 1.165) is 25.9 Å². The van der Waals surface area contributed by atoms with E-state index in [0.29, 0.717) is 26.2 Å². The minimum atomic E-state index is -0.894. The van der Waals surface area contributed by atoms with E-state index in [1.165, 1.54) is 0 Å². The van der Waals surface area contributed by atoms with Crippen molar-refractivity contribution in [2.75, 3.05) is 39.3 Å². The molecular weight excluding hydrogens is 262 g/mol. The van der Waals surface area contributed by atoms with Crippen LogP contribution in [0.25, 0.3) is 0 Å². The molecule has 0 radical (unpaired) electrons. The van der Waals surface area contributed by atoms with Crippen molar-refractivity contribution in [3.63, 3.8) is 0 Å². The van der Waals surface area contributed by atoms with Crippen molar-refractivity contribution < 1.29 is 19.4 Å². The first kappa shape index (κ1) is 15.2. The van der Waals surface area contributed by atoms with E-state index < -0.39 is 5.97 Å². The summed E-state index contributed by atoms with van der Waals surface area (Å²) in [5.41, 5.74) is 5.84. The third-order valence-corrected chi connectivity index (χ3v) is 3.88. The molecule has 2 heterocycles. The summed E-state index contributed by atoms with van der Waals surface area (Å²) in [6.07, 6.45) is 1.42. The maximum atomic E-state index is 12.2. The number of likely N-dealkylation sites (tertiary alicyclic amines) is 1. The van der Waals surface area contributed by atoms with Crippen LogP contribution in [0.3, 0.4) is 0 Å². The van der Waals surface area contributed by atoms with Crippen LogP contribution in [0, 0.1) is 0 Å². The van der Waals surface area contributed by atoms with Crippen molar-refractivity contribution in [2.24, 2.45) is 5.73 Å². The Kier molecular flexibility index (Phi) is 5.33. The van der Waals surface area contributed by atoms with Crippen LogP contribution >= 0.6 is 0 Å². The Morgan fingerprint density at radius 1 is 1.25 bits per heavy atom. The topological polar surface area (TPSA) is 96.1 Å². The molecule has 0 aliphatic carbocycles. The molecule has 2 rings (SSSR count). The van der Waals surface area contributed by atoms with Gasteiger partial charge in [-0.3, -0.25) is 14.5 Å². The number of aliphatic carboxylic acids is 1. The van der Waals surface area contributed by atoms with Gasteiger partial charge in [0, 0.05) is 32.2 Å². The van der Waals surface area contributed by atoms with Gasteiger partial charge in [-0.25, -0.2) is 0 Å². The van der Waals surface area contributed by atoms with Crippen molar-refractivity contribution in [3.05, 3.63) is 0 Å². The maximum Gasteiger partial charge on any atom is 0.306 e. The Balaban J connectivity index is 1.78. The molecule has 0 bridgehead atoms. The van der Waals surface area contributed by atoms with Gasteiger partial charge in [0.25, 0.3) is 0 Å². The Morgan fingerprint density at radius 3 is 2.60 bits per heavy atom. The zero-order valence-corrected chi connectivity index (χ0v) is 11.7. The van der Waals surface area contributed by atoms with Gasteiger partial charge in [0.05, 0.1) is 25.7 Å². The summed E-state index contributed by atoms with van der Waals surface area (Å²) in [4.78, 5) is 26.7. The summed E-state index contributed by atoms with van der Waals surface area (Å²) in [7, 11) is 0. The maximum absolute atomic E-state index is 12.2. The Hall–Kier alpha value is -1.18. The summed E-state index contributed by atoms with van der Waals surface area (Å²) in [5, 5.41) is 8.77. The average molecular weight is 285 g/mol. The number of morpholine rings is 1. The molecule has 2 fully saturated rings. The van der Waals surface area contributed by atoms with Crippen LogP contribution in [0.2, 0.25) is 0 Å². The standard InChI is InChI=1S/C13H23N3O4/c14-10-1-3-15(4-2-10)9-12(17)16-5-6-20-11(8-16)7-13(18)19/h10-11H,1-9,14H2,(H,18,19). The number of carbonyl (C=O) groups is 2. The molecule has 0 spiro atoms. The van der Waals surface area contributed by atoms with Crippen LogP contribution in [-0.2, 0) is 14.3 Å². The average Bonchev–Trinajstić information content (AvgIpc) is 2.41. The molecule has 3 N–H and O–H groups in total. The Labute approximate surface area is 118 Å². The zero-order chi connectivity index (χ0) is 14.5. The number of hydrogen-bond donors (Lipinski definition) is 2. The smallest absolute Gasteiger partial charge is 0.306 e. The van der Waals surface area contributed by atoms with Gasteiger partial charge < -0.3 is 20.5 Å². The summed E-state index contributed by atoms with van der Waals surface area (Å²) < 4.78 is 5.37. The molecule has 0 aromatic rings. The van der Waals surface area contributed by atoms with E-state index in [2.05, 4.69) is 4.90 Å². The first-order valence-electron chi connectivity index (χ1n) is 7.13. The summed E-state index contributed by atoms with van der Waals surface area (Å²) in [6.45, 7) is 3.44. The molecule has 1 amide bonds. The third-order valence-electron chi connectivity index (χ3n) is 3.88. The van der Waals surface area contributed by atoms with Crippen LogP contribution in [0.5, 0.6) is 0 Å². The number of carbonyl (C=O) groups excluding carboxylic acids is 1. The lowest BCUT2D eigenvalue weighted by Crippen LogP contribution is -2.51. The highest BCUT2D eigenvalue weighted by atomic mass is 16.5. The number of carboxylic acid groups (broad SMARTS) is 1. The molecule has 2 aliphatic rings. The minimum absolute atomic E-state index is 0.0532. The van der Waals surface area contributed by atoms with E-state index in [1.54, 1.807) is 4.90 Å². The van der Waals surface area contributed by atoms with Crippen LogP contribution in [-0.4, -0.2) is 78.3 Å². The molecule has 1 unspecified atom stereocenters. The summed E-state index contributed by atoms with van der Waals surface area (Å²) in [6, 6.07) is 0.254. The SMILES string of the molecule is NC1CCN(CC(=O)N2CCOC(CC(=O)O)C2)CC1. The normalized spacial score (nSPS) is 25.6. The highest BCUT2D eigenvalue weighted by Gasteiger charge is 2.27.